The van der Waals surface area contributed by atoms with Gasteiger partial charge in [0.2, 0.25) is 0 Å². The van der Waals surface area contributed by atoms with Crippen molar-refractivity contribution in [2.45, 2.75) is 32.0 Å². The zero-order chi connectivity index (χ0) is 8.39. The average molecular weight is 187 g/mol. The maximum atomic E-state index is 5.68. The Balaban J connectivity index is 1.83. The largest absolute Gasteiger partial charge is 0.361 e. The fraction of sp³-hybridized carbons (Fsp3) is 1.00. The first kappa shape index (κ1) is 8.85. The van der Waals surface area contributed by atoms with Crippen molar-refractivity contribution in [1.82, 2.24) is 5.32 Å². The van der Waals surface area contributed by atoms with E-state index in [-0.39, 0.29) is 0 Å². The molecule has 2 aliphatic rings. The van der Waals surface area contributed by atoms with E-state index in [1.165, 1.54) is 24.3 Å². The van der Waals surface area contributed by atoms with E-state index in [0.29, 0.717) is 12.3 Å². The molecule has 0 aliphatic carbocycles. The Morgan fingerprint density at radius 2 is 2.08 bits per heavy atom. The highest BCUT2D eigenvalue weighted by Crippen LogP contribution is 2.27. The van der Waals surface area contributed by atoms with Crippen LogP contribution in [-0.2, 0) is 4.74 Å². The van der Waals surface area contributed by atoms with E-state index in [1.54, 1.807) is 0 Å². The molecule has 70 valence electrons. The van der Waals surface area contributed by atoms with Gasteiger partial charge < -0.3 is 4.74 Å². The minimum Gasteiger partial charge on any atom is -0.361 e. The van der Waals surface area contributed by atoms with Crippen LogP contribution in [0.3, 0.4) is 0 Å². The van der Waals surface area contributed by atoms with Crippen molar-refractivity contribution < 1.29 is 4.74 Å². The number of rotatable bonds is 1. The molecule has 2 nitrogen and oxygen atoms in total. The Labute approximate surface area is 78.4 Å². The van der Waals surface area contributed by atoms with E-state index >= 15 is 0 Å². The van der Waals surface area contributed by atoms with E-state index in [4.69, 9.17) is 4.74 Å². The monoisotopic (exact) mass is 187 g/mol. The van der Waals surface area contributed by atoms with Crippen LogP contribution in [0.4, 0.5) is 0 Å². The van der Waals surface area contributed by atoms with Gasteiger partial charge in [-0.15, -0.1) is 0 Å². The molecule has 2 atom stereocenters. The number of ether oxygens (including phenoxy) is 1. The van der Waals surface area contributed by atoms with Gasteiger partial charge in [-0.3, -0.25) is 5.32 Å². The van der Waals surface area contributed by atoms with Gasteiger partial charge in [0.1, 0.15) is 6.23 Å². The second-order valence-corrected chi connectivity index (χ2v) is 5.00. The summed E-state index contributed by atoms with van der Waals surface area (Å²) in [6.07, 6.45) is 3.02. The minimum atomic E-state index is 0.362. The molecular formula is C9H17NOS. The van der Waals surface area contributed by atoms with Gasteiger partial charge in [-0.05, 0) is 31.3 Å². The zero-order valence-electron chi connectivity index (χ0n) is 7.58. The fourth-order valence-corrected chi connectivity index (χ4v) is 3.06. The summed E-state index contributed by atoms with van der Waals surface area (Å²) in [4.78, 5) is 0. The molecule has 1 N–H and O–H groups in total. The topological polar surface area (TPSA) is 21.3 Å². The molecule has 2 unspecified atom stereocenters. The highest BCUT2D eigenvalue weighted by molar-refractivity contribution is 7.99. The summed E-state index contributed by atoms with van der Waals surface area (Å²) in [5.74, 6) is 3.41. The standard InChI is InChI=1S/C9H17NOS/c1-7-6-11-9(10-7)8-2-4-12-5-3-8/h7-10H,2-6H2,1H3. The van der Waals surface area contributed by atoms with E-state index in [1.807, 2.05) is 0 Å². The third-order valence-electron chi connectivity index (χ3n) is 2.67. The van der Waals surface area contributed by atoms with Gasteiger partial charge in [0.25, 0.3) is 0 Å². The van der Waals surface area contributed by atoms with Crippen molar-refractivity contribution in [3.05, 3.63) is 0 Å². The van der Waals surface area contributed by atoms with E-state index in [2.05, 4.69) is 24.0 Å². The zero-order valence-corrected chi connectivity index (χ0v) is 8.40. The van der Waals surface area contributed by atoms with E-state index in [0.717, 1.165) is 12.5 Å². The van der Waals surface area contributed by atoms with Gasteiger partial charge in [0, 0.05) is 12.0 Å². The van der Waals surface area contributed by atoms with Gasteiger partial charge in [-0.2, -0.15) is 11.8 Å². The molecule has 0 aromatic heterocycles. The maximum Gasteiger partial charge on any atom is 0.111 e. The molecule has 0 amide bonds. The fourth-order valence-electron chi connectivity index (χ4n) is 1.92. The van der Waals surface area contributed by atoms with Crippen LogP contribution in [0.1, 0.15) is 19.8 Å². The van der Waals surface area contributed by atoms with E-state index < -0.39 is 0 Å². The van der Waals surface area contributed by atoms with Crippen LogP contribution in [0.2, 0.25) is 0 Å². The Bertz CT molecular complexity index is 145. The number of hydrogen-bond donors (Lipinski definition) is 1. The molecular weight excluding hydrogens is 170 g/mol. The van der Waals surface area contributed by atoms with Crippen molar-refractivity contribution in [2.75, 3.05) is 18.1 Å². The molecule has 0 saturated carbocycles. The third-order valence-corrected chi connectivity index (χ3v) is 3.72. The Kier molecular flexibility index (Phi) is 2.94. The molecule has 12 heavy (non-hydrogen) atoms. The van der Waals surface area contributed by atoms with Crippen LogP contribution in [0.5, 0.6) is 0 Å². The first-order chi connectivity index (χ1) is 5.86. The summed E-state index contributed by atoms with van der Waals surface area (Å²) < 4.78 is 5.68. The lowest BCUT2D eigenvalue weighted by molar-refractivity contribution is 0.0484. The van der Waals surface area contributed by atoms with Crippen molar-refractivity contribution in [2.24, 2.45) is 5.92 Å². The Hall–Kier alpha value is 0.270. The molecule has 0 bridgehead atoms. The summed E-state index contributed by atoms with van der Waals surface area (Å²) in [6, 6.07) is 0.560. The molecule has 0 aromatic carbocycles. The molecule has 2 aliphatic heterocycles. The summed E-state index contributed by atoms with van der Waals surface area (Å²) in [5, 5.41) is 3.49. The minimum absolute atomic E-state index is 0.362. The van der Waals surface area contributed by atoms with Crippen LogP contribution < -0.4 is 5.32 Å². The average Bonchev–Trinajstić information content (AvgIpc) is 2.54. The van der Waals surface area contributed by atoms with Crippen LogP contribution in [-0.4, -0.2) is 30.4 Å². The molecule has 2 rings (SSSR count). The van der Waals surface area contributed by atoms with Crippen LogP contribution in [0.25, 0.3) is 0 Å². The molecule has 2 heterocycles. The van der Waals surface area contributed by atoms with Gasteiger partial charge in [0.15, 0.2) is 0 Å². The predicted molar refractivity (Wildman–Crippen MR) is 52.4 cm³/mol. The van der Waals surface area contributed by atoms with Gasteiger partial charge in [-0.25, -0.2) is 0 Å². The summed E-state index contributed by atoms with van der Waals surface area (Å²) >= 11 is 2.07. The quantitative estimate of drug-likeness (QED) is 0.671. The number of hydrogen-bond acceptors (Lipinski definition) is 3. The Morgan fingerprint density at radius 1 is 1.33 bits per heavy atom. The van der Waals surface area contributed by atoms with Crippen molar-refractivity contribution in [3.63, 3.8) is 0 Å². The van der Waals surface area contributed by atoms with Crippen LogP contribution >= 0.6 is 11.8 Å². The van der Waals surface area contributed by atoms with Gasteiger partial charge in [0.05, 0.1) is 6.61 Å². The van der Waals surface area contributed by atoms with Gasteiger partial charge >= 0.3 is 0 Å². The number of nitrogens with one attached hydrogen (secondary N) is 1. The summed E-state index contributed by atoms with van der Waals surface area (Å²) in [6.45, 7) is 3.09. The molecule has 0 spiro atoms. The molecule has 0 radical (unpaired) electrons. The third kappa shape index (κ3) is 1.95. The first-order valence-electron chi connectivity index (χ1n) is 4.81. The molecule has 0 aromatic rings. The van der Waals surface area contributed by atoms with Crippen LogP contribution in [0, 0.1) is 5.92 Å². The first-order valence-corrected chi connectivity index (χ1v) is 5.97. The van der Waals surface area contributed by atoms with Crippen molar-refractivity contribution >= 4 is 11.8 Å². The molecule has 3 heteroatoms. The molecule has 2 saturated heterocycles. The number of thioether (sulfide) groups is 1. The summed E-state index contributed by atoms with van der Waals surface area (Å²) in [5.41, 5.74) is 0. The summed E-state index contributed by atoms with van der Waals surface area (Å²) in [7, 11) is 0. The highest BCUT2D eigenvalue weighted by Gasteiger charge is 2.29. The van der Waals surface area contributed by atoms with E-state index in [9.17, 15) is 0 Å². The van der Waals surface area contributed by atoms with Gasteiger partial charge in [-0.1, -0.05) is 0 Å². The van der Waals surface area contributed by atoms with Crippen molar-refractivity contribution in [3.8, 4) is 0 Å². The predicted octanol–water partition coefficient (Wildman–Crippen LogP) is 1.46. The lowest BCUT2D eigenvalue weighted by Crippen LogP contribution is -2.36. The second-order valence-electron chi connectivity index (χ2n) is 3.77. The molecule has 2 fully saturated rings. The normalized spacial score (nSPS) is 38.8. The lowest BCUT2D eigenvalue weighted by Gasteiger charge is -2.26. The highest BCUT2D eigenvalue weighted by atomic mass is 32.2. The van der Waals surface area contributed by atoms with Crippen LogP contribution in [0.15, 0.2) is 0 Å². The second kappa shape index (κ2) is 3.99. The maximum absolute atomic E-state index is 5.68. The lowest BCUT2D eigenvalue weighted by atomic mass is 10.0. The smallest absolute Gasteiger partial charge is 0.111 e. The Morgan fingerprint density at radius 3 is 2.67 bits per heavy atom. The van der Waals surface area contributed by atoms with Crippen molar-refractivity contribution in [1.29, 1.82) is 0 Å². The SMILES string of the molecule is CC1COC(C2CCSCC2)N1.